The third kappa shape index (κ3) is 3.37. The lowest BCUT2D eigenvalue weighted by Gasteiger charge is -2.26. The van der Waals surface area contributed by atoms with Crippen molar-refractivity contribution < 1.29 is 13.9 Å². The highest BCUT2D eigenvalue weighted by molar-refractivity contribution is 5.87. The Balaban J connectivity index is 1.93. The van der Waals surface area contributed by atoms with Crippen molar-refractivity contribution in [3.05, 3.63) is 35.6 Å². The van der Waals surface area contributed by atoms with Gasteiger partial charge in [0.05, 0.1) is 19.8 Å². The summed E-state index contributed by atoms with van der Waals surface area (Å²) >= 11 is 0. The fourth-order valence-corrected chi connectivity index (χ4v) is 2.05. The van der Waals surface area contributed by atoms with Crippen LogP contribution in [0, 0.1) is 5.82 Å². The molecular weight excluding hydrogens is 233 g/mol. The summed E-state index contributed by atoms with van der Waals surface area (Å²) in [5.41, 5.74) is 0.870. The lowest BCUT2D eigenvalue weighted by Crippen LogP contribution is -2.40. The zero-order chi connectivity index (χ0) is 13.0. The number of morpholine rings is 1. The minimum Gasteiger partial charge on any atom is -0.379 e. The summed E-state index contributed by atoms with van der Waals surface area (Å²) in [5, 5.41) is 0. The first-order chi connectivity index (χ1) is 8.66. The standard InChI is InChI=1S/C14H18FNO2/c1-11(12-2-4-13(15)5-3-12)14(17)10-16-6-8-18-9-7-16/h2-5,11H,6-10H2,1H3/t11-/m0/s1. The Morgan fingerprint density at radius 2 is 1.94 bits per heavy atom. The average molecular weight is 251 g/mol. The number of Topliss-reactive ketones (excluding diaryl/α,β-unsaturated/α-hetero) is 1. The zero-order valence-electron chi connectivity index (χ0n) is 10.6. The van der Waals surface area contributed by atoms with Gasteiger partial charge in [0.1, 0.15) is 5.82 Å². The Bertz CT molecular complexity index is 399. The monoisotopic (exact) mass is 251 g/mol. The second-order valence-electron chi connectivity index (χ2n) is 4.63. The third-order valence-electron chi connectivity index (χ3n) is 3.34. The number of rotatable bonds is 4. The van der Waals surface area contributed by atoms with Crippen molar-refractivity contribution in [3.63, 3.8) is 0 Å². The molecule has 1 aromatic rings. The van der Waals surface area contributed by atoms with E-state index < -0.39 is 0 Å². The maximum atomic E-state index is 12.8. The molecule has 3 nitrogen and oxygen atoms in total. The molecule has 1 fully saturated rings. The highest BCUT2D eigenvalue weighted by Crippen LogP contribution is 2.17. The molecule has 1 aliphatic heterocycles. The van der Waals surface area contributed by atoms with Crippen LogP contribution in [-0.4, -0.2) is 43.5 Å². The van der Waals surface area contributed by atoms with Crippen LogP contribution >= 0.6 is 0 Å². The van der Waals surface area contributed by atoms with Crippen molar-refractivity contribution in [1.82, 2.24) is 4.90 Å². The van der Waals surface area contributed by atoms with Crippen LogP contribution in [0.3, 0.4) is 0 Å². The van der Waals surface area contributed by atoms with E-state index in [1.165, 1.54) is 12.1 Å². The van der Waals surface area contributed by atoms with Crippen LogP contribution in [0.5, 0.6) is 0 Å². The van der Waals surface area contributed by atoms with Crippen LogP contribution in [-0.2, 0) is 9.53 Å². The first-order valence-electron chi connectivity index (χ1n) is 6.25. The number of benzene rings is 1. The summed E-state index contributed by atoms with van der Waals surface area (Å²) in [5.74, 6) is -0.288. The van der Waals surface area contributed by atoms with E-state index in [0.29, 0.717) is 19.8 Å². The predicted octanol–water partition coefficient (Wildman–Crippen LogP) is 1.83. The molecular formula is C14H18FNO2. The SMILES string of the molecule is C[C@H](C(=O)CN1CCOCC1)c1ccc(F)cc1. The fraction of sp³-hybridized carbons (Fsp3) is 0.500. The van der Waals surface area contributed by atoms with Crippen molar-refractivity contribution >= 4 is 5.78 Å². The van der Waals surface area contributed by atoms with Gasteiger partial charge in [0.25, 0.3) is 0 Å². The van der Waals surface area contributed by atoms with Crippen LogP contribution in [0.25, 0.3) is 0 Å². The summed E-state index contributed by atoms with van der Waals surface area (Å²) in [7, 11) is 0. The number of hydrogen-bond acceptors (Lipinski definition) is 3. The van der Waals surface area contributed by atoms with Crippen LogP contribution in [0.4, 0.5) is 4.39 Å². The summed E-state index contributed by atoms with van der Waals surface area (Å²) in [6.07, 6.45) is 0. The van der Waals surface area contributed by atoms with Gasteiger partial charge in [0.15, 0.2) is 5.78 Å². The molecule has 0 bridgehead atoms. The Morgan fingerprint density at radius 3 is 2.56 bits per heavy atom. The van der Waals surface area contributed by atoms with E-state index in [1.54, 1.807) is 12.1 Å². The minimum atomic E-state index is -0.272. The highest BCUT2D eigenvalue weighted by atomic mass is 19.1. The second-order valence-corrected chi connectivity index (χ2v) is 4.63. The number of ether oxygens (including phenoxy) is 1. The van der Waals surface area contributed by atoms with Gasteiger partial charge >= 0.3 is 0 Å². The van der Waals surface area contributed by atoms with Crippen LogP contribution in [0.1, 0.15) is 18.4 Å². The van der Waals surface area contributed by atoms with Crippen LogP contribution < -0.4 is 0 Å². The van der Waals surface area contributed by atoms with Crippen molar-refractivity contribution in [1.29, 1.82) is 0 Å². The number of nitrogens with zero attached hydrogens (tertiary/aromatic N) is 1. The van der Waals surface area contributed by atoms with Gasteiger partial charge in [-0.25, -0.2) is 4.39 Å². The van der Waals surface area contributed by atoms with Crippen LogP contribution in [0.15, 0.2) is 24.3 Å². The molecule has 0 aromatic heterocycles. The third-order valence-corrected chi connectivity index (χ3v) is 3.34. The Labute approximate surface area is 107 Å². The molecule has 0 N–H and O–H groups in total. The normalized spacial score (nSPS) is 18.6. The number of carbonyl (C=O) groups excluding carboxylic acids is 1. The zero-order valence-corrected chi connectivity index (χ0v) is 10.6. The smallest absolute Gasteiger partial charge is 0.153 e. The van der Waals surface area contributed by atoms with E-state index in [9.17, 15) is 9.18 Å². The van der Waals surface area contributed by atoms with E-state index in [-0.39, 0.29) is 17.5 Å². The van der Waals surface area contributed by atoms with Crippen molar-refractivity contribution in [3.8, 4) is 0 Å². The van der Waals surface area contributed by atoms with Gasteiger partial charge in [0, 0.05) is 19.0 Å². The molecule has 1 saturated heterocycles. The topological polar surface area (TPSA) is 29.5 Å². The molecule has 98 valence electrons. The molecule has 1 heterocycles. The van der Waals surface area contributed by atoms with Crippen LogP contribution in [0.2, 0.25) is 0 Å². The Kier molecular flexibility index (Phi) is 4.44. The minimum absolute atomic E-state index is 0.170. The number of halogens is 1. The quantitative estimate of drug-likeness (QED) is 0.817. The van der Waals surface area contributed by atoms with E-state index in [4.69, 9.17) is 4.74 Å². The molecule has 0 radical (unpaired) electrons. The molecule has 0 amide bonds. The van der Waals surface area contributed by atoms with Gasteiger partial charge in [-0.3, -0.25) is 9.69 Å². The first-order valence-corrected chi connectivity index (χ1v) is 6.25. The maximum absolute atomic E-state index is 12.8. The summed E-state index contributed by atoms with van der Waals surface area (Å²) in [6, 6.07) is 6.15. The molecule has 1 aromatic carbocycles. The molecule has 1 atom stereocenters. The molecule has 1 aliphatic rings. The van der Waals surface area contributed by atoms with Gasteiger partial charge in [-0.15, -0.1) is 0 Å². The molecule has 18 heavy (non-hydrogen) atoms. The molecule has 4 heteroatoms. The van der Waals surface area contributed by atoms with Crippen molar-refractivity contribution in [2.75, 3.05) is 32.8 Å². The van der Waals surface area contributed by atoms with Gasteiger partial charge < -0.3 is 4.74 Å². The molecule has 0 saturated carbocycles. The molecule has 0 spiro atoms. The Hall–Kier alpha value is -1.26. The Morgan fingerprint density at radius 1 is 1.33 bits per heavy atom. The summed E-state index contributed by atoms with van der Waals surface area (Å²) < 4.78 is 18.1. The van der Waals surface area contributed by atoms with E-state index in [0.717, 1.165) is 18.7 Å². The second kappa shape index (κ2) is 6.07. The van der Waals surface area contributed by atoms with Gasteiger partial charge in [-0.05, 0) is 17.7 Å². The van der Waals surface area contributed by atoms with Gasteiger partial charge in [0.2, 0.25) is 0 Å². The van der Waals surface area contributed by atoms with Crippen molar-refractivity contribution in [2.45, 2.75) is 12.8 Å². The lowest BCUT2D eigenvalue weighted by atomic mass is 9.96. The number of ketones is 1. The van der Waals surface area contributed by atoms with E-state index in [1.807, 2.05) is 6.92 Å². The maximum Gasteiger partial charge on any atom is 0.153 e. The van der Waals surface area contributed by atoms with E-state index in [2.05, 4.69) is 4.90 Å². The molecule has 2 rings (SSSR count). The first kappa shape index (κ1) is 13.2. The fourth-order valence-electron chi connectivity index (χ4n) is 2.05. The summed E-state index contributed by atoms with van der Waals surface area (Å²) in [4.78, 5) is 14.2. The van der Waals surface area contributed by atoms with Gasteiger partial charge in [-0.1, -0.05) is 19.1 Å². The summed E-state index contributed by atoms with van der Waals surface area (Å²) in [6.45, 7) is 5.32. The predicted molar refractivity (Wildman–Crippen MR) is 67.1 cm³/mol. The highest BCUT2D eigenvalue weighted by Gasteiger charge is 2.19. The van der Waals surface area contributed by atoms with Gasteiger partial charge in [-0.2, -0.15) is 0 Å². The molecule has 0 aliphatic carbocycles. The largest absolute Gasteiger partial charge is 0.379 e. The van der Waals surface area contributed by atoms with Crippen molar-refractivity contribution in [2.24, 2.45) is 0 Å². The average Bonchev–Trinajstić information content (AvgIpc) is 2.40. The number of carbonyl (C=O) groups is 1. The lowest BCUT2D eigenvalue weighted by molar-refractivity contribution is -0.122. The number of hydrogen-bond donors (Lipinski definition) is 0. The molecule has 0 unspecified atom stereocenters. The van der Waals surface area contributed by atoms with E-state index >= 15 is 0 Å².